The van der Waals surface area contributed by atoms with Gasteiger partial charge in [-0.3, -0.25) is 15.1 Å². The number of methoxy groups -OCH3 is 1. The van der Waals surface area contributed by atoms with Crippen LogP contribution in [0.3, 0.4) is 0 Å². The molecule has 0 spiro atoms. The molecule has 0 aliphatic carbocycles. The first-order valence-electron chi connectivity index (χ1n) is 9.54. The van der Waals surface area contributed by atoms with Crippen molar-refractivity contribution in [1.29, 1.82) is 0 Å². The molecule has 0 radical (unpaired) electrons. The number of hydrogen-bond acceptors (Lipinski definition) is 9. The second-order valence-electron chi connectivity index (χ2n) is 6.95. The lowest BCUT2D eigenvalue weighted by molar-refractivity contribution is 0.415. The van der Waals surface area contributed by atoms with Gasteiger partial charge in [0.15, 0.2) is 5.16 Å². The van der Waals surface area contributed by atoms with Gasteiger partial charge in [0.2, 0.25) is 11.9 Å². The van der Waals surface area contributed by atoms with Crippen molar-refractivity contribution in [1.82, 2.24) is 29.9 Å². The highest BCUT2D eigenvalue weighted by Gasteiger charge is 2.09. The molecule has 3 aromatic heterocycles. The minimum absolute atomic E-state index is 0.267. The number of H-pyrrole nitrogens is 1. The van der Waals surface area contributed by atoms with Crippen molar-refractivity contribution in [3.63, 3.8) is 0 Å². The average molecular weight is 436 g/mol. The Bertz CT molecular complexity index is 1300. The Morgan fingerprint density at radius 2 is 1.77 bits per heavy atom. The Morgan fingerprint density at radius 1 is 1.00 bits per heavy atom. The van der Waals surface area contributed by atoms with Crippen LogP contribution in [0, 0.1) is 20.8 Å². The van der Waals surface area contributed by atoms with Gasteiger partial charge in [0.05, 0.1) is 24.0 Å². The largest absolute Gasteiger partial charge is 0.497 e. The highest BCUT2D eigenvalue weighted by Crippen LogP contribution is 2.23. The summed E-state index contributed by atoms with van der Waals surface area (Å²) < 4.78 is 5.27. The van der Waals surface area contributed by atoms with Crippen molar-refractivity contribution in [2.75, 3.05) is 12.4 Å². The molecule has 0 saturated carbocycles. The molecule has 4 rings (SSSR count). The van der Waals surface area contributed by atoms with Crippen LogP contribution in [-0.4, -0.2) is 37.0 Å². The van der Waals surface area contributed by atoms with Gasteiger partial charge < -0.3 is 4.74 Å². The summed E-state index contributed by atoms with van der Waals surface area (Å²) in [6.07, 6.45) is 0. The van der Waals surface area contributed by atoms with E-state index in [9.17, 15) is 4.79 Å². The number of fused-ring (bicyclic) bond motifs is 1. The number of thioether (sulfide) groups is 1. The van der Waals surface area contributed by atoms with E-state index >= 15 is 0 Å². The number of nitrogens with zero attached hydrogens (tertiary/aromatic N) is 5. The molecule has 0 aliphatic heterocycles. The van der Waals surface area contributed by atoms with Crippen LogP contribution in [0.2, 0.25) is 0 Å². The molecule has 3 heterocycles. The molecule has 31 heavy (non-hydrogen) atoms. The summed E-state index contributed by atoms with van der Waals surface area (Å²) in [7, 11) is 1.62. The molecule has 0 bridgehead atoms. The van der Waals surface area contributed by atoms with Crippen LogP contribution in [0.25, 0.3) is 10.9 Å². The summed E-state index contributed by atoms with van der Waals surface area (Å²) in [6, 6.07) is 8.97. The number of nitrogens with one attached hydrogen (secondary N) is 2. The smallest absolute Gasteiger partial charge is 0.252 e. The molecule has 0 amide bonds. The van der Waals surface area contributed by atoms with Crippen LogP contribution in [0.15, 0.2) is 40.3 Å². The van der Waals surface area contributed by atoms with Crippen LogP contribution in [-0.2, 0) is 5.75 Å². The van der Waals surface area contributed by atoms with Crippen molar-refractivity contribution >= 4 is 34.6 Å². The van der Waals surface area contributed by atoms with E-state index in [0.29, 0.717) is 22.6 Å². The maximum atomic E-state index is 12.1. The molecule has 9 nitrogen and oxygen atoms in total. The summed E-state index contributed by atoms with van der Waals surface area (Å²) in [6.45, 7) is 5.74. The Labute approximate surface area is 182 Å². The zero-order valence-electron chi connectivity index (χ0n) is 17.6. The van der Waals surface area contributed by atoms with E-state index in [2.05, 4.69) is 35.2 Å². The molecule has 2 N–H and O–H groups in total. The van der Waals surface area contributed by atoms with Crippen molar-refractivity contribution in [2.24, 2.45) is 0 Å². The van der Waals surface area contributed by atoms with Gasteiger partial charge in [-0.15, -0.1) is 0 Å². The van der Waals surface area contributed by atoms with Gasteiger partial charge in [-0.05, 0) is 45.0 Å². The Morgan fingerprint density at radius 3 is 2.52 bits per heavy atom. The van der Waals surface area contributed by atoms with Crippen molar-refractivity contribution in [3.05, 3.63) is 63.5 Å². The molecule has 0 atom stereocenters. The summed E-state index contributed by atoms with van der Waals surface area (Å²) in [5.74, 6) is 1.82. The van der Waals surface area contributed by atoms with E-state index in [4.69, 9.17) is 4.74 Å². The Balaban J connectivity index is 1.56. The molecule has 10 heteroatoms. The van der Waals surface area contributed by atoms with Crippen LogP contribution < -0.4 is 15.6 Å². The summed E-state index contributed by atoms with van der Waals surface area (Å²) in [5, 5.41) is 4.55. The topological polar surface area (TPSA) is 119 Å². The first kappa shape index (κ1) is 20.7. The molecule has 158 valence electrons. The molecule has 1 aromatic carbocycles. The molecule has 4 aromatic rings. The standard InChI is InChI=1S/C21H21N7O2S/c1-11-7-12(2)23-21(22-11)31-10-14-8-18(29)27-20(25-14)28-19-24-13(3)16-9-15(30-4)5-6-17(16)26-19/h5-9H,10H2,1-4H3,(H2,24,25,26,27,28,29). The van der Waals surface area contributed by atoms with Crippen molar-refractivity contribution in [3.8, 4) is 5.75 Å². The fourth-order valence-electron chi connectivity index (χ4n) is 3.09. The summed E-state index contributed by atoms with van der Waals surface area (Å²) in [5.41, 5.74) is 3.68. The number of hydrogen-bond donors (Lipinski definition) is 2. The summed E-state index contributed by atoms with van der Waals surface area (Å²) >= 11 is 1.42. The SMILES string of the molecule is COc1ccc2nc(Nc3nc(CSc4nc(C)cc(C)n4)cc(=O)[nH]3)nc(C)c2c1. The molecular weight excluding hydrogens is 414 g/mol. The number of aromatic nitrogens is 6. The fraction of sp³-hybridized carbons (Fsp3) is 0.238. The maximum absolute atomic E-state index is 12.1. The van der Waals surface area contributed by atoms with Gasteiger partial charge in [0.25, 0.3) is 5.56 Å². The molecule has 0 unspecified atom stereocenters. The predicted molar refractivity (Wildman–Crippen MR) is 120 cm³/mol. The normalized spacial score (nSPS) is 11.0. The van der Waals surface area contributed by atoms with E-state index < -0.39 is 0 Å². The number of ether oxygens (including phenoxy) is 1. The van der Waals surface area contributed by atoms with E-state index in [1.165, 1.54) is 17.8 Å². The zero-order valence-corrected chi connectivity index (χ0v) is 18.4. The van der Waals surface area contributed by atoms with Gasteiger partial charge >= 0.3 is 0 Å². The van der Waals surface area contributed by atoms with Crippen LogP contribution in [0.4, 0.5) is 11.9 Å². The minimum atomic E-state index is -0.267. The third-order valence-corrected chi connectivity index (χ3v) is 5.31. The number of aromatic amines is 1. The van der Waals surface area contributed by atoms with Gasteiger partial charge in [0.1, 0.15) is 5.75 Å². The lowest BCUT2D eigenvalue weighted by Gasteiger charge is -2.09. The maximum Gasteiger partial charge on any atom is 0.252 e. The lowest BCUT2D eigenvalue weighted by Crippen LogP contribution is -2.13. The molecule has 0 fully saturated rings. The Kier molecular flexibility index (Phi) is 5.81. The van der Waals surface area contributed by atoms with Crippen LogP contribution in [0.1, 0.15) is 22.8 Å². The first-order chi connectivity index (χ1) is 14.9. The highest BCUT2D eigenvalue weighted by atomic mass is 32.2. The van der Waals surface area contributed by atoms with Gasteiger partial charge in [-0.1, -0.05) is 11.8 Å². The zero-order chi connectivity index (χ0) is 22.0. The quantitative estimate of drug-likeness (QED) is 0.346. The molecule has 0 saturated heterocycles. The average Bonchev–Trinajstić information content (AvgIpc) is 2.71. The van der Waals surface area contributed by atoms with E-state index in [-0.39, 0.29) is 11.5 Å². The number of rotatable bonds is 6. The lowest BCUT2D eigenvalue weighted by atomic mass is 10.2. The Hall–Kier alpha value is -3.53. The monoisotopic (exact) mass is 435 g/mol. The first-order valence-corrected chi connectivity index (χ1v) is 10.5. The van der Waals surface area contributed by atoms with Gasteiger partial charge in [0, 0.05) is 28.6 Å². The third-order valence-electron chi connectivity index (χ3n) is 4.43. The van der Waals surface area contributed by atoms with Crippen LogP contribution >= 0.6 is 11.8 Å². The van der Waals surface area contributed by atoms with Crippen molar-refractivity contribution < 1.29 is 4.74 Å². The van der Waals surface area contributed by atoms with Gasteiger partial charge in [-0.2, -0.15) is 0 Å². The second kappa shape index (κ2) is 8.68. The molecular formula is C21H21N7O2S. The molecule has 0 aliphatic rings. The predicted octanol–water partition coefficient (Wildman–Crippen LogP) is 3.47. The fourth-order valence-corrected chi connectivity index (χ4v) is 3.93. The van der Waals surface area contributed by atoms with Crippen molar-refractivity contribution in [2.45, 2.75) is 31.7 Å². The van der Waals surface area contributed by atoms with Crippen LogP contribution in [0.5, 0.6) is 5.75 Å². The van der Waals surface area contributed by atoms with Gasteiger partial charge in [-0.25, -0.2) is 24.9 Å². The third kappa shape index (κ3) is 4.97. The second-order valence-corrected chi connectivity index (χ2v) is 7.89. The van der Waals surface area contributed by atoms with E-state index in [1.54, 1.807) is 7.11 Å². The minimum Gasteiger partial charge on any atom is -0.497 e. The van der Waals surface area contributed by atoms with E-state index in [1.807, 2.05) is 45.0 Å². The summed E-state index contributed by atoms with van der Waals surface area (Å²) in [4.78, 5) is 37.1. The number of aryl methyl sites for hydroxylation is 3. The highest BCUT2D eigenvalue weighted by molar-refractivity contribution is 7.98. The number of anilines is 2. The number of benzene rings is 1. The van der Waals surface area contributed by atoms with E-state index in [0.717, 1.165) is 33.7 Å².